The van der Waals surface area contributed by atoms with Crippen molar-refractivity contribution in [3.05, 3.63) is 70.1 Å². The van der Waals surface area contributed by atoms with Crippen molar-refractivity contribution in [3.63, 3.8) is 0 Å². The lowest BCUT2D eigenvalue weighted by Gasteiger charge is -2.11. The van der Waals surface area contributed by atoms with E-state index >= 15 is 0 Å². The highest BCUT2D eigenvalue weighted by Crippen LogP contribution is 2.22. The van der Waals surface area contributed by atoms with E-state index in [4.69, 9.17) is 0 Å². The molecule has 2 heteroatoms. The van der Waals surface area contributed by atoms with Crippen molar-refractivity contribution in [2.24, 2.45) is 9.98 Å². The van der Waals surface area contributed by atoms with Crippen molar-refractivity contribution >= 4 is 12.4 Å². The van der Waals surface area contributed by atoms with Crippen molar-refractivity contribution in [3.8, 4) is 0 Å². The van der Waals surface area contributed by atoms with E-state index in [-0.39, 0.29) is 0 Å². The lowest BCUT2D eigenvalue weighted by atomic mass is 9.99. The zero-order valence-corrected chi connectivity index (χ0v) is 14.8. The predicted molar refractivity (Wildman–Crippen MR) is 105 cm³/mol. The van der Waals surface area contributed by atoms with Crippen molar-refractivity contribution in [2.75, 3.05) is 0 Å². The molecule has 124 valence electrons. The molecule has 0 spiro atoms. The van der Waals surface area contributed by atoms with Gasteiger partial charge in [0.05, 0.1) is 0 Å². The van der Waals surface area contributed by atoms with Crippen LogP contribution in [0.3, 0.4) is 0 Å². The van der Waals surface area contributed by atoms with E-state index in [1.165, 1.54) is 33.7 Å². The molecule has 0 amide bonds. The first kappa shape index (κ1) is 16.6. The Bertz CT molecular complexity index is 670. The lowest BCUT2D eigenvalue weighted by Crippen LogP contribution is -1.97. The molecular formula is C22H26N2. The molecule has 3 aliphatic rings. The van der Waals surface area contributed by atoms with Gasteiger partial charge >= 0.3 is 0 Å². The van der Waals surface area contributed by atoms with E-state index in [0.29, 0.717) is 0 Å². The minimum absolute atomic E-state index is 1.04. The van der Waals surface area contributed by atoms with Gasteiger partial charge in [0.1, 0.15) is 0 Å². The number of rotatable bonds is 4. The fourth-order valence-corrected chi connectivity index (χ4v) is 2.89. The average molecular weight is 318 g/mol. The molecule has 0 aromatic carbocycles. The maximum absolute atomic E-state index is 4.64. The maximum Gasteiger partial charge on any atom is 0.0406 e. The molecule has 0 saturated heterocycles. The summed E-state index contributed by atoms with van der Waals surface area (Å²) < 4.78 is 0. The zero-order chi connectivity index (χ0) is 16.8. The van der Waals surface area contributed by atoms with Crippen LogP contribution in [0, 0.1) is 0 Å². The van der Waals surface area contributed by atoms with Crippen LogP contribution in [0.4, 0.5) is 0 Å². The molecule has 0 atom stereocenters. The molecule has 0 saturated carbocycles. The summed E-state index contributed by atoms with van der Waals surface area (Å²) in [6.45, 7) is 4.35. The SMILES string of the molecule is CC1=CC=C(N=CC2=CC=C(C=NC3=CC=C(C)CC3)CC2)CC1. The molecule has 0 aromatic rings. The van der Waals surface area contributed by atoms with Crippen LogP contribution in [-0.2, 0) is 0 Å². The quantitative estimate of drug-likeness (QED) is 0.566. The molecule has 3 aliphatic carbocycles. The fraction of sp³-hybridized carbons (Fsp3) is 0.364. The van der Waals surface area contributed by atoms with E-state index in [2.05, 4.69) is 60.3 Å². The van der Waals surface area contributed by atoms with Gasteiger partial charge in [0.15, 0.2) is 0 Å². The maximum atomic E-state index is 4.64. The van der Waals surface area contributed by atoms with Crippen LogP contribution in [0.25, 0.3) is 0 Å². The molecular weight excluding hydrogens is 292 g/mol. The third kappa shape index (κ3) is 4.89. The summed E-state index contributed by atoms with van der Waals surface area (Å²) in [7, 11) is 0. The van der Waals surface area contributed by atoms with Gasteiger partial charge in [0.25, 0.3) is 0 Å². The summed E-state index contributed by atoms with van der Waals surface area (Å²) in [6.07, 6.45) is 23.5. The molecule has 0 N–H and O–H groups in total. The summed E-state index contributed by atoms with van der Waals surface area (Å²) in [5.74, 6) is 0. The molecule has 0 aliphatic heterocycles. The number of allylic oxidation sites excluding steroid dienone is 12. The molecule has 2 nitrogen and oxygen atoms in total. The first-order valence-corrected chi connectivity index (χ1v) is 8.89. The summed E-state index contributed by atoms with van der Waals surface area (Å²) >= 11 is 0. The van der Waals surface area contributed by atoms with Crippen LogP contribution in [-0.4, -0.2) is 12.4 Å². The van der Waals surface area contributed by atoms with E-state index in [1.807, 2.05) is 12.4 Å². The van der Waals surface area contributed by atoms with Crippen molar-refractivity contribution in [2.45, 2.75) is 52.4 Å². The highest BCUT2D eigenvalue weighted by molar-refractivity contribution is 5.85. The normalized spacial score (nSPS) is 21.9. The Morgan fingerprint density at radius 2 is 1.04 bits per heavy atom. The topological polar surface area (TPSA) is 24.7 Å². The van der Waals surface area contributed by atoms with Gasteiger partial charge in [-0.15, -0.1) is 0 Å². The van der Waals surface area contributed by atoms with Crippen LogP contribution in [0.1, 0.15) is 52.4 Å². The largest absolute Gasteiger partial charge is 0.261 e. The second-order valence-electron chi connectivity index (χ2n) is 6.84. The third-order valence-corrected chi connectivity index (χ3v) is 4.68. The third-order valence-electron chi connectivity index (χ3n) is 4.68. The van der Waals surface area contributed by atoms with E-state index in [0.717, 1.165) is 38.5 Å². The average Bonchev–Trinajstić information content (AvgIpc) is 2.62. The Balaban J connectivity index is 1.58. The molecule has 0 fully saturated rings. The Kier molecular flexibility index (Phi) is 5.58. The zero-order valence-electron chi connectivity index (χ0n) is 14.8. The van der Waals surface area contributed by atoms with Crippen LogP contribution < -0.4 is 0 Å². The van der Waals surface area contributed by atoms with Gasteiger partial charge in [0.2, 0.25) is 0 Å². The second-order valence-corrected chi connectivity index (χ2v) is 6.84. The number of aliphatic imine (C=N–C) groups is 2. The summed E-state index contributed by atoms with van der Waals surface area (Å²) in [5.41, 5.74) is 7.85. The minimum atomic E-state index is 1.04. The van der Waals surface area contributed by atoms with Gasteiger partial charge in [-0.1, -0.05) is 35.5 Å². The van der Waals surface area contributed by atoms with Gasteiger partial charge in [-0.05, 0) is 75.7 Å². The highest BCUT2D eigenvalue weighted by Gasteiger charge is 2.06. The first-order valence-electron chi connectivity index (χ1n) is 8.89. The molecule has 0 bridgehead atoms. The molecule has 0 unspecified atom stereocenters. The predicted octanol–water partition coefficient (Wildman–Crippen LogP) is 6.02. The first-order chi connectivity index (χ1) is 11.7. The molecule has 3 rings (SSSR count). The standard InChI is InChI=1S/C22H26N2/c1-17-3-11-21(12-4-17)23-15-19-7-9-20(10-8-19)16-24-22-13-5-18(2)6-14-22/h3,5,7,9,11,13,15-16H,4,6,8,10,12,14H2,1-2H3. The van der Waals surface area contributed by atoms with Gasteiger partial charge in [-0.3, -0.25) is 9.98 Å². The molecule has 24 heavy (non-hydrogen) atoms. The Morgan fingerprint density at radius 3 is 1.38 bits per heavy atom. The van der Waals surface area contributed by atoms with Crippen LogP contribution in [0.5, 0.6) is 0 Å². The Morgan fingerprint density at radius 1 is 0.583 bits per heavy atom. The van der Waals surface area contributed by atoms with Gasteiger partial charge < -0.3 is 0 Å². The highest BCUT2D eigenvalue weighted by atomic mass is 14.7. The Labute approximate surface area is 145 Å². The number of hydrogen-bond donors (Lipinski definition) is 0. The monoisotopic (exact) mass is 318 g/mol. The van der Waals surface area contributed by atoms with Gasteiger partial charge in [-0.2, -0.15) is 0 Å². The van der Waals surface area contributed by atoms with E-state index in [1.54, 1.807) is 0 Å². The minimum Gasteiger partial charge on any atom is -0.261 e. The summed E-state index contributed by atoms with van der Waals surface area (Å²) in [6, 6.07) is 0. The van der Waals surface area contributed by atoms with Crippen LogP contribution in [0.2, 0.25) is 0 Å². The summed E-state index contributed by atoms with van der Waals surface area (Å²) in [4.78, 5) is 9.28. The van der Waals surface area contributed by atoms with Gasteiger partial charge in [0, 0.05) is 23.8 Å². The second kappa shape index (κ2) is 8.05. The summed E-state index contributed by atoms with van der Waals surface area (Å²) in [5, 5.41) is 0. The molecule has 0 heterocycles. The lowest BCUT2D eigenvalue weighted by molar-refractivity contribution is 0.891. The fourth-order valence-electron chi connectivity index (χ4n) is 2.89. The van der Waals surface area contributed by atoms with Crippen molar-refractivity contribution < 1.29 is 0 Å². The number of nitrogens with zero attached hydrogens (tertiary/aromatic N) is 2. The van der Waals surface area contributed by atoms with E-state index in [9.17, 15) is 0 Å². The van der Waals surface area contributed by atoms with Crippen molar-refractivity contribution in [1.29, 1.82) is 0 Å². The van der Waals surface area contributed by atoms with E-state index < -0.39 is 0 Å². The molecule has 0 radical (unpaired) electrons. The Hall–Kier alpha value is -2.22. The molecule has 0 aromatic heterocycles. The van der Waals surface area contributed by atoms with Crippen LogP contribution >= 0.6 is 0 Å². The number of hydrogen-bond acceptors (Lipinski definition) is 2. The smallest absolute Gasteiger partial charge is 0.0406 e. The van der Waals surface area contributed by atoms with Crippen molar-refractivity contribution in [1.82, 2.24) is 0 Å². The van der Waals surface area contributed by atoms with Gasteiger partial charge in [-0.25, -0.2) is 0 Å². The van der Waals surface area contributed by atoms with Crippen LogP contribution in [0.15, 0.2) is 80.1 Å².